The molecule has 0 saturated carbocycles. The van der Waals surface area contributed by atoms with Gasteiger partial charge in [-0.15, -0.1) is 0 Å². The van der Waals surface area contributed by atoms with Crippen LogP contribution in [0.2, 0.25) is 5.02 Å². The van der Waals surface area contributed by atoms with Gasteiger partial charge in [-0.1, -0.05) is 61.5 Å². The van der Waals surface area contributed by atoms with Gasteiger partial charge in [-0.05, 0) is 66.1 Å². The van der Waals surface area contributed by atoms with Crippen molar-refractivity contribution >= 4 is 23.1 Å². The Bertz CT molecular complexity index is 992. The van der Waals surface area contributed by atoms with E-state index in [1.54, 1.807) is 4.90 Å². The molecule has 0 aromatic heterocycles. The van der Waals surface area contributed by atoms with Gasteiger partial charge in [-0.2, -0.15) is 0 Å². The van der Waals surface area contributed by atoms with E-state index in [2.05, 4.69) is 50.0 Å². The van der Waals surface area contributed by atoms with Crippen LogP contribution in [0, 0.1) is 12.8 Å². The molecule has 1 fully saturated rings. The third kappa shape index (κ3) is 6.72. The van der Waals surface area contributed by atoms with E-state index in [4.69, 9.17) is 16.3 Å². The molecule has 1 unspecified atom stereocenters. The maximum absolute atomic E-state index is 12.0. The summed E-state index contributed by atoms with van der Waals surface area (Å²) in [7, 11) is 1.85. The molecule has 2 aliphatic heterocycles. The first-order chi connectivity index (χ1) is 15.9. The number of likely N-dealkylation sites (tertiary alicyclic amines) is 1. The van der Waals surface area contributed by atoms with Crippen molar-refractivity contribution in [3.8, 4) is 0 Å². The largest absolute Gasteiger partial charge is 0.388 e. The molecule has 2 aromatic rings. The smallest absolute Gasteiger partial charge is 0.231 e. The summed E-state index contributed by atoms with van der Waals surface area (Å²) in [5.74, 6) is 0.0871. The third-order valence-electron chi connectivity index (χ3n) is 6.22. The van der Waals surface area contributed by atoms with Crippen molar-refractivity contribution < 1.29 is 9.53 Å². The lowest BCUT2D eigenvalue weighted by atomic mass is 9.97. The summed E-state index contributed by atoms with van der Waals surface area (Å²) in [6.45, 7) is 11.5. The third-order valence-corrected chi connectivity index (χ3v) is 6.46. The zero-order valence-corrected chi connectivity index (χ0v) is 20.8. The average molecular weight is 467 g/mol. The number of carbonyl (C=O) groups is 1. The number of carbonyl (C=O) groups excluding carboxylic acids is 1. The van der Waals surface area contributed by atoms with E-state index in [1.165, 1.54) is 27.8 Å². The van der Waals surface area contributed by atoms with Crippen LogP contribution in [0.3, 0.4) is 0 Å². The summed E-state index contributed by atoms with van der Waals surface area (Å²) in [5, 5.41) is 4.11. The maximum Gasteiger partial charge on any atom is 0.231 e. The first-order valence-corrected chi connectivity index (χ1v) is 12.1. The number of amides is 1. The van der Waals surface area contributed by atoms with Crippen LogP contribution in [-0.4, -0.2) is 30.9 Å². The molecule has 0 radical (unpaired) electrons. The first-order valence-electron chi connectivity index (χ1n) is 11.7. The van der Waals surface area contributed by atoms with E-state index < -0.39 is 0 Å². The molecule has 5 heteroatoms. The lowest BCUT2D eigenvalue weighted by Crippen LogP contribution is -2.28. The second kappa shape index (κ2) is 12.1. The fraction of sp³-hybridized carbons (Fsp3) is 0.393. The summed E-state index contributed by atoms with van der Waals surface area (Å²) in [6, 6.07) is 14.3. The van der Waals surface area contributed by atoms with E-state index in [0.29, 0.717) is 0 Å². The Morgan fingerprint density at radius 3 is 2.55 bits per heavy atom. The second-order valence-corrected chi connectivity index (χ2v) is 9.10. The first kappa shape index (κ1) is 25.1. The molecule has 0 bridgehead atoms. The topological polar surface area (TPSA) is 41.6 Å². The van der Waals surface area contributed by atoms with Crippen molar-refractivity contribution in [2.45, 2.75) is 46.3 Å². The predicted octanol–water partition coefficient (Wildman–Crippen LogP) is 6.13. The van der Waals surface area contributed by atoms with Crippen LogP contribution < -0.4 is 5.32 Å². The minimum absolute atomic E-state index is 0.0819. The number of allylic oxidation sites excluding steroid dienone is 1. The summed E-state index contributed by atoms with van der Waals surface area (Å²) < 4.78 is 5.21. The molecule has 33 heavy (non-hydrogen) atoms. The Morgan fingerprint density at radius 1 is 1.24 bits per heavy atom. The standard InChI is InChI=1S/C20H27ClN2O.C8H8O/c1-5-6-16(19-13-17(21)8-7-14(19)2)9-11-22-15(3)18-10-12-23(4)20(18)24;1-2-4-8-6-9-5-7(8)3-1/h6-8,13,18,22H,3,5,9-12H2,1-2,4H3;1-4H,5-6H2/b16-6-;. The van der Waals surface area contributed by atoms with Crippen molar-refractivity contribution in [2.75, 3.05) is 20.1 Å². The van der Waals surface area contributed by atoms with Gasteiger partial charge in [0.1, 0.15) is 0 Å². The van der Waals surface area contributed by atoms with Gasteiger partial charge in [-0.25, -0.2) is 0 Å². The molecular formula is C28H35ClN2O2. The minimum atomic E-state index is -0.0819. The van der Waals surface area contributed by atoms with Crippen LogP contribution in [0.5, 0.6) is 0 Å². The van der Waals surface area contributed by atoms with E-state index in [-0.39, 0.29) is 11.8 Å². The van der Waals surface area contributed by atoms with Crippen LogP contribution in [0.15, 0.2) is 60.8 Å². The molecule has 4 rings (SSSR count). The Balaban J connectivity index is 0.000000280. The number of halogens is 1. The molecular weight excluding hydrogens is 432 g/mol. The van der Waals surface area contributed by atoms with E-state index in [1.807, 2.05) is 31.3 Å². The highest BCUT2D eigenvalue weighted by Gasteiger charge is 2.30. The van der Waals surface area contributed by atoms with E-state index in [0.717, 1.165) is 56.3 Å². The SMILES string of the molecule is C=C(NCC/C(=C/CC)c1cc(Cl)ccc1C)C1CCN(C)C1=O.c1ccc2c(c1)COC2. The molecule has 1 N–H and O–H groups in total. The monoisotopic (exact) mass is 466 g/mol. The molecule has 1 atom stereocenters. The van der Waals surface area contributed by atoms with E-state index >= 15 is 0 Å². The zero-order chi connectivity index (χ0) is 23.8. The number of ether oxygens (including phenoxy) is 1. The number of benzene rings is 2. The van der Waals surface area contributed by atoms with Gasteiger partial charge in [0.05, 0.1) is 19.1 Å². The highest BCUT2D eigenvalue weighted by atomic mass is 35.5. The number of nitrogens with one attached hydrogen (secondary N) is 1. The predicted molar refractivity (Wildman–Crippen MR) is 137 cm³/mol. The van der Waals surface area contributed by atoms with E-state index in [9.17, 15) is 4.79 Å². The average Bonchev–Trinajstić information content (AvgIpc) is 3.42. The van der Waals surface area contributed by atoms with Crippen molar-refractivity contribution in [1.82, 2.24) is 10.2 Å². The molecule has 1 amide bonds. The number of hydrogen-bond acceptors (Lipinski definition) is 3. The normalized spacial score (nSPS) is 17.5. The number of rotatable bonds is 7. The molecule has 0 aliphatic carbocycles. The molecule has 2 aromatic carbocycles. The zero-order valence-electron chi connectivity index (χ0n) is 20.0. The van der Waals surface area contributed by atoms with Crippen molar-refractivity contribution in [3.05, 3.63) is 88.1 Å². The van der Waals surface area contributed by atoms with Crippen molar-refractivity contribution in [3.63, 3.8) is 0 Å². The summed E-state index contributed by atoms with van der Waals surface area (Å²) >= 11 is 6.16. The summed E-state index contributed by atoms with van der Waals surface area (Å²) in [6.07, 6.45) is 4.96. The molecule has 1 saturated heterocycles. The molecule has 2 heterocycles. The number of aryl methyl sites for hydroxylation is 1. The molecule has 2 aliphatic rings. The van der Waals surface area contributed by atoms with Crippen LogP contribution in [0.1, 0.15) is 48.4 Å². The van der Waals surface area contributed by atoms with Crippen LogP contribution in [0.25, 0.3) is 5.57 Å². The van der Waals surface area contributed by atoms with Crippen LogP contribution in [0.4, 0.5) is 0 Å². The Hall–Kier alpha value is -2.56. The van der Waals surface area contributed by atoms with Crippen LogP contribution in [-0.2, 0) is 22.7 Å². The van der Waals surface area contributed by atoms with Crippen molar-refractivity contribution in [1.29, 1.82) is 0 Å². The fourth-order valence-electron chi connectivity index (χ4n) is 4.27. The number of fused-ring (bicyclic) bond motifs is 1. The van der Waals surface area contributed by atoms with Gasteiger partial charge >= 0.3 is 0 Å². The van der Waals surface area contributed by atoms with Gasteiger partial charge in [-0.3, -0.25) is 4.79 Å². The molecule has 4 nitrogen and oxygen atoms in total. The van der Waals surface area contributed by atoms with Gasteiger partial charge in [0, 0.05) is 30.9 Å². The van der Waals surface area contributed by atoms with Gasteiger partial charge in [0.25, 0.3) is 0 Å². The van der Waals surface area contributed by atoms with Crippen molar-refractivity contribution in [2.24, 2.45) is 5.92 Å². The Labute approximate surface area is 203 Å². The van der Waals surface area contributed by atoms with Gasteiger partial charge in [0.15, 0.2) is 0 Å². The number of hydrogen-bond donors (Lipinski definition) is 1. The van der Waals surface area contributed by atoms with Gasteiger partial charge in [0.2, 0.25) is 5.91 Å². The number of nitrogens with zero attached hydrogens (tertiary/aromatic N) is 1. The van der Waals surface area contributed by atoms with Crippen LogP contribution >= 0.6 is 11.6 Å². The van der Waals surface area contributed by atoms with Gasteiger partial charge < -0.3 is 15.0 Å². The molecule has 176 valence electrons. The lowest BCUT2D eigenvalue weighted by Gasteiger charge is -2.17. The fourth-order valence-corrected chi connectivity index (χ4v) is 4.44. The highest BCUT2D eigenvalue weighted by Crippen LogP contribution is 2.26. The lowest BCUT2D eigenvalue weighted by molar-refractivity contribution is -0.129. The summed E-state index contributed by atoms with van der Waals surface area (Å²) in [5.41, 5.74) is 7.24. The Morgan fingerprint density at radius 2 is 1.94 bits per heavy atom. The second-order valence-electron chi connectivity index (χ2n) is 8.66. The maximum atomic E-state index is 12.0. The quantitative estimate of drug-likeness (QED) is 0.533. The summed E-state index contributed by atoms with van der Waals surface area (Å²) in [4.78, 5) is 13.8. The highest BCUT2D eigenvalue weighted by molar-refractivity contribution is 6.30. The minimum Gasteiger partial charge on any atom is -0.388 e. The Kier molecular flexibility index (Phi) is 9.16. The molecule has 0 spiro atoms.